The van der Waals surface area contributed by atoms with Crippen LogP contribution in [0, 0.1) is 35.8 Å². The van der Waals surface area contributed by atoms with Gasteiger partial charge in [0, 0.05) is 111 Å². The largest absolute Gasteiger partial charge is 0.391 e. The van der Waals surface area contributed by atoms with Crippen molar-refractivity contribution in [3.63, 3.8) is 0 Å². The molecule has 6 aliphatic rings. The first-order valence-electron chi connectivity index (χ1n) is 19.8. The predicted molar refractivity (Wildman–Crippen MR) is 220 cm³/mol. The molecule has 2 aromatic carbocycles. The van der Waals surface area contributed by atoms with Crippen LogP contribution in [0.1, 0.15) is 68.0 Å². The number of pyridine rings is 1. The number of nitrogens with zero attached hydrogens (tertiary/aromatic N) is 6. The molecule has 9 rings (SSSR count). The monoisotopic (exact) mass is 745 g/mol. The summed E-state index contributed by atoms with van der Waals surface area (Å²) in [5.74, 6) is 0.430. The van der Waals surface area contributed by atoms with E-state index in [4.69, 9.17) is 15.4 Å². The lowest BCUT2D eigenvalue weighted by Crippen LogP contribution is -2.67. The topological polar surface area (TPSA) is 86.1 Å². The minimum atomic E-state index is -0.536. The van der Waals surface area contributed by atoms with Crippen LogP contribution in [0.3, 0.4) is 0 Å². The number of aryl methyl sites for hydroxylation is 1. The van der Waals surface area contributed by atoms with Gasteiger partial charge in [-0.2, -0.15) is 0 Å². The van der Waals surface area contributed by atoms with Gasteiger partial charge in [0.05, 0.1) is 22.8 Å². The molecule has 3 unspecified atom stereocenters. The number of piperidine rings is 1. The molecule has 288 valence electrons. The van der Waals surface area contributed by atoms with Gasteiger partial charge in [0.25, 0.3) is 0 Å². The summed E-state index contributed by atoms with van der Waals surface area (Å²) >= 11 is 0. The van der Waals surface area contributed by atoms with Crippen LogP contribution < -0.4 is 20.4 Å². The Morgan fingerprint density at radius 2 is 1.80 bits per heavy atom. The van der Waals surface area contributed by atoms with E-state index in [0.717, 1.165) is 129 Å². The zero-order chi connectivity index (χ0) is 38.4. The molecule has 7 heterocycles. The van der Waals surface area contributed by atoms with E-state index in [1.54, 1.807) is 0 Å². The average molecular weight is 746 g/mol. The van der Waals surface area contributed by atoms with Crippen LogP contribution in [-0.4, -0.2) is 78.8 Å². The van der Waals surface area contributed by atoms with Crippen LogP contribution in [-0.2, 0) is 6.54 Å². The number of guanidine groups is 1. The standard InChI is InChI=1S/C44H53F2N9/c1-27-8-6-7-9-40(48-5)39(21-47)42-16-33(14-28(2)49-42)29(3)50-44-51-41-11-10-31(15-43(41)55(44)22-27)23-54-37-20-38(54)26-53(25-37)30(4)32-12-13-52(24-32)36-18-34(45)17-35(46)19-36/h10-11,14-19,21,27,32,37-38,47-48H,3-4,6-9,12-13,20,22-26H2,1-2,5H3,(H,50,51)/b40-39+,47-21?/t27-,32?,37?,38?/m1/s1. The molecule has 4 atom stereocenters. The lowest BCUT2D eigenvalue weighted by atomic mass is 9.85. The highest BCUT2D eigenvalue weighted by molar-refractivity contribution is 6.16. The Morgan fingerprint density at radius 1 is 1.02 bits per heavy atom. The summed E-state index contributed by atoms with van der Waals surface area (Å²) in [6, 6.07) is 15.5. The summed E-state index contributed by atoms with van der Waals surface area (Å²) in [6.45, 7) is 18.4. The fourth-order valence-corrected chi connectivity index (χ4v) is 9.29. The molecule has 4 saturated heterocycles. The van der Waals surface area contributed by atoms with E-state index in [1.807, 2.05) is 26.1 Å². The fourth-order valence-electron chi connectivity index (χ4n) is 9.29. The summed E-state index contributed by atoms with van der Waals surface area (Å²) in [6.07, 6.45) is 7.61. The number of anilines is 3. The summed E-state index contributed by atoms with van der Waals surface area (Å²) in [7, 11) is 1.93. The molecule has 55 heavy (non-hydrogen) atoms. The van der Waals surface area contributed by atoms with Gasteiger partial charge in [0.15, 0.2) is 0 Å². The summed E-state index contributed by atoms with van der Waals surface area (Å²) in [5.41, 5.74) is 10.3. The molecule has 0 spiro atoms. The molecule has 3 aromatic rings. The molecule has 0 saturated carbocycles. The number of hydrogen-bond acceptors (Lipinski definition) is 9. The molecule has 9 nitrogen and oxygen atoms in total. The number of allylic oxidation sites excluding steroid dienone is 2. The van der Waals surface area contributed by atoms with Crippen molar-refractivity contribution in [1.29, 1.82) is 5.41 Å². The SMILES string of the molecule is C=C1/N=C2\Nc3ccc(CN4C5CC4CN(C(=C)C4CCN(c6cc(F)cc(F)c6)C4)C5)cc3N2C[C@H](C)CCCC/C(NC)=C(/C=N)c2cc1cc(C)n2. The Balaban J connectivity index is 0.968. The van der Waals surface area contributed by atoms with Crippen LogP contribution >= 0.6 is 0 Å². The van der Waals surface area contributed by atoms with Crippen molar-refractivity contribution in [2.45, 2.75) is 71.0 Å². The van der Waals surface area contributed by atoms with Gasteiger partial charge in [-0.3, -0.25) is 9.88 Å². The highest BCUT2D eigenvalue weighted by Crippen LogP contribution is 2.40. The highest BCUT2D eigenvalue weighted by Gasteiger charge is 2.45. The van der Waals surface area contributed by atoms with E-state index in [2.05, 4.69) is 68.5 Å². The molecule has 3 N–H and O–H groups in total. The van der Waals surface area contributed by atoms with Crippen LogP contribution in [0.25, 0.3) is 11.3 Å². The fraction of sp³-hybridized carbons (Fsp3) is 0.432. The molecule has 4 bridgehead atoms. The smallest absolute Gasteiger partial charge is 0.208 e. The molecule has 0 aliphatic carbocycles. The molecule has 0 amide bonds. The maximum absolute atomic E-state index is 13.9. The van der Waals surface area contributed by atoms with Crippen LogP contribution in [0.4, 0.5) is 25.8 Å². The first-order valence-corrected chi connectivity index (χ1v) is 19.8. The quantitative estimate of drug-likeness (QED) is 0.211. The number of aromatic nitrogens is 1. The molecule has 11 heteroatoms. The minimum Gasteiger partial charge on any atom is -0.391 e. The Kier molecular flexibility index (Phi) is 10.2. The molecular formula is C44H53F2N9. The third-order valence-corrected chi connectivity index (χ3v) is 12.3. The first kappa shape index (κ1) is 36.9. The zero-order valence-electron chi connectivity index (χ0n) is 32.3. The molecule has 4 fully saturated rings. The van der Waals surface area contributed by atoms with Gasteiger partial charge < -0.3 is 30.7 Å². The van der Waals surface area contributed by atoms with E-state index in [-0.39, 0.29) is 5.92 Å². The van der Waals surface area contributed by atoms with E-state index in [0.29, 0.717) is 29.4 Å². The van der Waals surface area contributed by atoms with Gasteiger partial charge in [-0.1, -0.05) is 32.6 Å². The van der Waals surface area contributed by atoms with Crippen molar-refractivity contribution < 1.29 is 8.78 Å². The summed E-state index contributed by atoms with van der Waals surface area (Å²) in [4.78, 5) is 19.5. The van der Waals surface area contributed by atoms with Crippen molar-refractivity contribution in [3.05, 3.63) is 107 Å². The van der Waals surface area contributed by atoms with Crippen molar-refractivity contribution in [1.82, 2.24) is 20.1 Å². The predicted octanol–water partition coefficient (Wildman–Crippen LogP) is 8.02. The number of hydrogen-bond donors (Lipinski definition) is 3. The van der Waals surface area contributed by atoms with Gasteiger partial charge in [0.2, 0.25) is 5.96 Å². The number of benzene rings is 2. The Hall–Kier alpha value is -5.03. The van der Waals surface area contributed by atoms with Crippen molar-refractivity contribution in [2.75, 3.05) is 54.9 Å². The maximum Gasteiger partial charge on any atom is 0.208 e. The van der Waals surface area contributed by atoms with Crippen LogP contribution in [0.15, 0.2) is 78.1 Å². The Labute approximate surface area is 324 Å². The lowest BCUT2D eigenvalue weighted by Gasteiger charge is -2.57. The van der Waals surface area contributed by atoms with E-state index < -0.39 is 11.6 Å². The Bertz CT molecular complexity index is 2040. The van der Waals surface area contributed by atoms with Gasteiger partial charge in [-0.05, 0) is 86.9 Å². The Morgan fingerprint density at radius 3 is 2.55 bits per heavy atom. The lowest BCUT2D eigenvalue weighted by molar-refractivity contribution is -0.0665. The number of fused-ring (bicyclic) bond motifs is 7. The third kappa shape index (κ3) is 7.51. The number of aliphatic imine (C=N–C) groups is 1. The number of piperazine rings is 1. The van der Waals surface area contributed by atoms with Crippen molar-refractivity contribution in [3.8, 4) is 0 Å². The number of rotatable bonds is 7. The second-order valence-corrected chi connectivity index (χ2v) is 16.2. The van der Waals surface area contributed by atoms with Crippen molar-refractivity contribution >= 4 is 40.5 Å². The van der Waals surface area contributed by atoms with Gasteiger partial charge in [0.1, 0.15) is 11.6 Å². The van der Waals surface area contributed by atoms with E-state index >= 15 is 0 Å². The van der Waals surface area contributed by atoms with Gasteiger partial charge >= 0.3 is 0 Å². The maximum atomic E-state index is 13.9. The normalized spacial score (nSPS) is 26.5. The molecule has 6 aliphatic heterocycles. The zero-order valence-corrected chi connectivity index (χ0v) is 32.3. The summed E-state index contributed by atoms with van der Waals surface area (Å²) < 4.78 is 27.8. The van der Waals surface area contributed by atoms with E-state index in [1.165, 1.54) is 30.3 Å². The second-order valence-electron chi connectivity index (χ2n) is 16.2. The average Bonchev–Trinajstić information content (AvgIpc) is 3.79. The molecular weight excluding hydrogens is 693 g/mol. The van der Waals surface area contributed by atoms with Crippen LogP contribution in [0.2, 0.25) is 0 Å². The number of nitrogens with one attached hydrogen (secondary N) is 3. The highest BCUT2D eigenvalue weighted by atomic mass is 19.1. The van der Waals surface area contributed by atoms with Gasteiger partial charge in [-0.25, -0.2) is 13.8 Å². The molecule has 0 radical (unpaired) electrons. The van der Waals surface area contributed by atoms with Crippen molar-refractivity contribution in [2.24, 2.45) is 16.8 Å². The number of halogens is 2. The third-order valence-electron chi connectivity index (χ3n) is 12.3. The van der Waals surface area contributed by atoms with Gasteiger partial charge in [-0.15, -0.1) is 0 Å². The summed E-state index contributed by atoms with van der Waals surface area (Å²) in [5, 5.41) is 15.2. The minimum absolute atomic E-state index is 0.278. The second kappa shape index (κ2) is 15.2. The van der Waals surface area contributed by atoms with E-state index in [9.17, 15) is 8.78 Å². The molecule has 1 aromatic heterocycles. The first-order chi connectivity index (χ1) is 26.6. The van der Waals surface area contributed by atoms with Crippen LogP contribution in [0.5, 0.6) is 0 Å².